The molecule has 2 aromatic heterocycles. The highest BCUT2D eigenvalue weighted by atomic mass is 35.5. The molecule has 9 heteroatoms. The van der Waals surface area contributed by atoms with E-state index in [1.165, 1.54) is 17.1 Å². The predicted octanol–water partition coefficient (Wildman–Crippen LogP) is 2.58. The van der Waals surface area contributed by atoms with Crippen LogP contribution in [0, 0.1) is 0 Å². The number of rotatable bonds is 4. The van der Waals surface area contributed by atoms with Crippen LogP contribution in [0.1, 0.15) is 0 Å². The Labute approximate surface area is 189 Å². The molecule has 0 unspecified atom stereocenters. The summed E-state index contributed by atoms with van der Waals surface area (Å²) in [6.45, 7) is 2.70. The van der Waals surface area contributed by atoms with Crippen LogP contribution in [0.4, 0.5) is 5.69 Å². The fourth-order valence-electron chi connectivity index (χ4n) is 3.96. The third kappa shape index (κ3) is 3.85. The molecule has 8 nitrogen and oxygen atoms in total. The summed E-state index contributed by atoms with van der Waals surface area (Å²) in [5, 5.41) is 5.22. The van der Waals surface area contributed by atoms with Gasteiger partial charge in [0.2, 0.25) is 5.91 Å². The maximum Gasteiger partial charge on any atom is 0.264 e. The number of para-hydroxylation sites is 1. The molecule has 2 aromatic carbocycles. The molecule has 32 heavy (non-hydrogen) atoms. The van der Waals surface area contributed by atoms with Gasteiger partial charge in [-0.15, -0.1) is 0 Å². The zero-order chi connectivity index (χ0) is 22.1. The summed E-state index contributed by atoms with van der Waals surface area (Å²) < 4.78 is 2.91. The second kappa shape index (κ2) is 8.47. The zero-order valence-electron chi connectivity index (χ0n) is 17.3. The van der Waals surface area contributed by atoms with Crippen LogP contribution in [0.3, 0.4) is 0 Å². The first kappa shape index (κ1) is 20.3. The second-order valence-electron chi connectivity index (χ2n) is 7.65. The van der Waals surface area contributed by atoms with Gasteiger partial charge in [-0.2, -0.15) is 5.10 Å². The topological polar surface area (TPSA) is 76.3 Å². The smallest absolute Gasteiger partial charge is 0.264 e. The van der Waals surface area contributed by atoms with Gasteiger partial charge in [0.15, 0.2) is 5.65 Å². The molecule has 0 radical (unpaired) electrons. The zero-order valence-corrected chi connectivity index (χ0v) is 18.0. The van der Waals surface area contributed by atoms with E-state index in [9.17, 15) is 9.59 Å². The fraction of sp³-hybridized carbons (Fsp3) is 0.217. The van der Waals surface area contributed by atoms with E-state index in [1.54, 1.807) is 21.7 Å². The largest absolute Gasteiger partial charge is 0.368 e. The van der Waals surface area contributed by atoms with Crippen LogP contribution >= 0.6 is 11.6 Å². The third-order valence-electron chi connectivity index (χ3n) is 5.67. The highest BCUT2D eigenvalue weighted by Crippen LogP contribution is 2.18. The van der Waals surface area contributed by atoms with Crippen LogP contribution in [-0.2, 0) is 11.3 Å². The number of fused-ring (bicyclic) bond motifs is 1. The molecule has 1 aliphatic heterocycles. The number of nitrogens with zero attached hydrogens (tertiary/aromatic N) is 6. The number of carbonyl (C=O) groups excluding carboxylic acids is 1. The van der Waals surface area contributed by atoms with Gasteiger partial charge in [-0.25, -0.2) is 9.67 Å². The van der Waals surface area contributed by atoms with E-state index in [1.807, 2.05) is 30.3 Å². The Morgan fingerprint density at radius 1 is 0.969 bits per heavy atom. The Balaban J connectivity index is 1.31. The standard InChI is InChI=1S/C23H21ClN6O2/c24-17-5-4-8-19(13-17)30-22-20(14-26-30)23(32)29(16-25-22)15-21(31)28-11-9-27(10-12-28)18-6-2-1-3-7-18/h1-8,13-14,16H,9-12,15H2. The van der Waals surface area contributed by atoms with Crippen molar-refractivity contribution in [2.45, 2.75) is 6.54 Å². The molecule has 1 fully saturated rings. The van der Waals surface area contributed by atoms with Crippen LogP contribution in [0.2, 0.25) is 5.02 Å². The second-order valence-corrected chi connectivity index (χ2v) is 8.09. The average Bonchev–Trinajstić information content (AvgIpc) is 3.26. The van der Waals surface area contributed by atoms with Crippen LogP contribution < -0.4 is 10.5 Å². The lowest BCUT2D eigenvalue weighted by Gasteiger charge is -2.36. The van der Waals surface area contributed by atoms with Crippen molar-refractivity contribution in [3.05, 3.63) is 82.5 Å². The quantitative estimate of drug-likeness (QED) is 0.479. The number of aromatic nitrogens is 4. The normalized spacial score (nSPS) is 14.2. The number of amides is 1. The van der Waals surface area contributed by atoms with Gasteiger partial charge in [0.1, 0.15) is 18.3 Å². The molecule has 3 heterocycles. The Hall–Kier alpha value is -3.65. The van der Waals surface area contributed by atoms with Gasteiger partial charge in [0.25, 0.3) is 5.56 Å². The Kier molecular flexibility index (Phi) is 5.36. The molecule has 162 valence electrons. The minimum Gasteiger partial charge on any atom is -0.368 e. The van der Waals surface area contributed by atoms with Crippen molar-refractivity contribution in [3.63, 3.8) is 0 Å². The highest BCUT2D eigenvalue weighted by molar-refractivity contribution is 6.30. The first-order chi connectivity index (χ1) is 15.6. The van der Waals surface area contributed by atoms with Crippen molar-refractivity contribution in [1.29, 1.82) is 0 Å². The molecule has 0 aliphatic carbocycles. The summed E-state index contributed by atoms with van der Waals surface area (Å²) in [5.74, 6) is -0.0943. The van der Waals surface area contributed by atoms with Gasteiger partial charge in [-0.05, 0) is 30.3 Å². The molecule has 5 rings (SSSR count). The molecule has 1 amide bonds. The van der Waals surface area contributed by atoms with Crippen LogP contribution in [0.15, 0.2) is 71.9 Å². The summed E-state index contributed by atoms with van der Waals surface area (Å²) in [6.07, 6.45) is 2.89. The van der Waals surface area contributed by atoms with E-state index in [0.29, 0.717) is 34.8 Å². The lowest BCUT2D eigenvalue weighted by atomic mass is 10.2. The van der Waals surface area contributed by atoms with E-state index in [-0.39, 0.29) is 18.0 Å². The average molecular weight is 449 g/mol. The minimum atomic E-state index is -0.292. The van der Waals surface area contributed by atoms with Crippen LogP contribution in [0.5, 0.6) is 0 Å². The molecule has 1 saturated heterocycles. The lowest BCUT2D eigenvalue weighted by Crippen LogP contribution is -2.50. The van der Waals surface area contributed by atoms with Gasteiger partial charge < -0.3 is 9.80 Å². The molecule has 0 atom stereocenters. The summed E-state index contributed by atoms with van der Waals surface area (Å²) >= 11 is 6.07. The number of benzene rings is 2. The molecule has 0 N–H and O–H groups in total. The molecule has 0 bridgehead atoms. The fourth-order valence-corrected chi connectivity index (χ4v) is 4.14. The number of piperazine rings is 1. The van der Waals surface area contributed by atoms with Crippen molar-refractivity contribution in [2.24, 2.45) is 0 Å². The van der Waals surface area contributed by atoms with Crippen LogP contribution in [0.25, 0.3) is 16.7 Å². The number of carbonyl (C=O) groups is 1. The van der Waals surface area contributed by atoms with Gasteiger partial charge in [-0.3, -0.25) is 14.2 Å². The monoisotopic (exact) mass is 448 g/mol. The molecular weight excluding hydrogens is 428 g/mol. The Bertz CT molecular complexity index is 1330. The first-order valence-corrected chi connectivity index (χ1v) is 10.7. The molecular formula is C23H21ClN6O2. The molecule has 1 aliphatic rings. The van der Waals surface area contributed by atoms with Gasteiger partial charge in [-0.1, -0.05) is 35.9 Å². The lowest BCUT2D eigenvalue weighted by molar-refractivity contribution is -0.132. The SMILES string of the molecule is O=C(Cn1cnc2c(cnn2-c2cccc(Cl)c2)c1=O)N1CCN(c2ccccc2)CC1. The van der Waals surface area contributed by atoms with E-state index in [2.05, 4.69) is 27.1 Å². The summed E-state index contributed by atoms with van der Waals surface area (Å²) in [5.41, 5.74) is 2.00. The molecule has 4 aromatic rings. The Morgan fingerprint density at radius 3 is 2.47 bits per heavy atom. The van der Waals surface area contributed by atoms with E-state index >= 15 is 0 Å². The number of anilines is 1. The van der Waals surface area contributed by atoms with E-state index < -0.39 is 0 Å². The van der Waals surface area contributed by atoms with Gasteiger partial charge in [0.05, 0.1) is 11.9 Å². The number of halogens is 1. The minimum absolute atomic E-state index is 0.0462. The molecule has 0 saturated carbocycles. The third-order valence-corrected chi connectivity index (χ3v) is 5.90. The van der Waals surface area contributed by atoms with Gasteiger partial charge in [0, 0.05) is 36.9 Å². The highest BCUT2D eigenvalue weighted by Gasteiger charge is 2.22. The Morgan fingerprint density at radius 2 is 1.72 bits per heavy atom. The number of hydrogen-bond donors (Lipinski definition) is 0. The van der Waals surface area contributed by atoms with Crippen molar-refractivity contribution >= 4 is 34.2 Å². The maximum atomic E-state index is 13.0. The summed E-state index contributed by atoms with van der Waals surface area (Å²) in [7, 11) is 0. The maximum absolute atomic E-state index is 13.0. The number of hydrogen-bond acceptors (Lipinski definition) is 5. The van der Waals surface area contributed by atoms with Gasteiger partial charge >= 0.3 is 0 Å². The predicted molar refractivity (Wildman–Crippen MR) is 123 cm³/mol. The van der Waals surface area contributed by atoms with E-state index in [0.717, 1.165) is 18.8 Å². The van der Waals surface area contributed by atoms with Crippen molar-refractivity contribution < 1.29 is 4.79 Å². The first-order valence-electron chi connectivity index (χ1n) is 10.4. The summed E-state index contributed by atoms with van der Waals surface area (Å²) in [6, 6.07) is 17.3. The van der Waals surface area contributed by atoms with Crippen molar-refractivity contribution in [1.82, 2.24) is 24.2 Å². The van der Waals surface area contributed by atoms with Crippen molar-refractivity contribution in [2.75, 3.05) is 31.1 Å². The van der Waals surface area contributed by atoms with Crippen LogP contribution in [-0.4, -0.2) is 56.3 Å². The summed E-state index contributed by atoms with van der Waals surface area (Å²) in [4.78, 5) is 34.3. The molecule has 0 spiro atoms. The van der Waals surface area contributed by atoms with E-state index in [4.69, 9.17) is 11.6 Å². The van der Waals surface area contributed by atoms with Crippen molar-refractivity contribution in [3.8, 4) is 5.69 Å².